The van der Waals surface area contributed by atoms with Gasteiger partial charge in [-0.1, -0.05) is 42.4 Å². The number of carbonyl (C=O) groups is 2. The highest BCUT2D eigenvalue weighted by molar-refractivity contribution is 8.05. The van der Waals surface area contributed by atoms with E-state index in [9.17, 15) is 9.59 Å². The van der Waals surface area contributed by atoms with Crippen LogP contribution in [0, 0.1) is 0 Å². The second kappa shape index (κ2) is 11.2. The minimum atomic E-state index is -0.501. The molecule has 1 fully saturated rings. The molecule has 1 aliphatic rings. The van der Waals surface area contributed by atoms with E-state index < -0.39 is 5.97 Å². The third-order valence-corrected chi connectivity index (χ3v) is 5.89. The van der Waals surface area contributed by atoms with Crippen molar-refractivity contribution in [2.45, 2.75) is 25.8 Å². The smallest absolute Gasteiger partial charge is 0.344 e. The van der Waals surface area contributed by atoms with E-state index in [2.05, 4.69) is 29.7 Å². The summed E-state index contributed by atoms with van der Waals surface area (Å²) < 4.78 is 15.7. The molecule has 0 aliphatic carbocycles. The fourth-order valence-electron chi connectivity index (χ4n) is 3.00. The van der Waals surface area contributed by atoms with Gasteiger partial charge in [0.05, 0.1) is 23.6 Å². The Balaban J connectivity index is 1.71. The van der Waals surface area contributed by atoms with E-state index in [0.717, 1.165) is 12.1 Å². The molecule has 0 spiro atoms. The first-order valence-electron chi connectivity index (χ1n) is 10.1. The number of hydrogen-bond acceptors (Lipinski definition) is 7. The van der Waals surface area contributed by atoms with Crippen molar-refractivity contribution in [2.24, 2.45) is 0 Å². The molecule has 0 bridgehead atoms. The molecule has 2 aromatic carbocycles. The Hall–Kier alpha value is -2.84. The quantitative estimate of drug-likeness (QED) is 0.408. The zero-order chi connectivity index (χ0) is 23.1. The van der Waals surface area contributed by atoms with Gasteiger partial charge < -0.3 is 24.8 Å². The van der Waals surface area contributed by atoms with Gasteiger partial charge in [0.25, 0.3) is 5.91 Å². The predicted molar refractivity (Wildman–Crippen MR) is 127 cm³/mol. The molecule has 1 atom stereocenters. The van der Waals surface area contributed by atoms with Crippen LogP contribution in [-0.4, -0.2) is 37.7 Å². The SMILES string of the molecule is CCOC(=O)COc1c(Cl)cc(/C=C2\S[C@@H](Nc3ccc(CC)cc3)NC2=O)cc1OC. The van der Waals surface area contributed by atoms with Crippen LogP contribution in [0.5, 0.6) is 11.5 Å². The summed E-state index contributed by atoms with van der Waals surface area (Å²) in [5.41, 5.74) is 2.56. The van der Waals surface area contributed by atoms with E-state index >= 15 is 0 Å². The summed E-state index contributed by atoms with van der Waals surface area (Å²) in [6.07, 6.45) is 2.70. The number of amides is 1. The van der Waals surface area contributed by atoms with Crippen LogP contribution in [0.2, 0.25) is 5.02 Å². The minimum Gasteiger partial charge on any atom is -0.493 e. The fourth-order valence-corrected chi connectivity index (χ4v) is 4.26. The Kier molecular flexibility index (Phi) is 8.30. The topological polar surface area (TPSA) is 85.9 Å². The van der Waals surface area contributed by atoms with Gasteiger partial charge in [-0.2, -0.15) is 0 Å². The molecule has 0 radical (unpaired) electrons. The predicted octanol–water partition coefficient (Wildman–Crippen LogP) is 4.45. The third-order valence-electron chi connectivity index (χ3n) is 4.58. The Morgan fingerprint density at radius 3 is 2.66 bits per heavy atom. The minimum absolute atomic E-state index is 0.185. The number of aryl methyl sites for hydroxylation is 1. The molecule has 1 saturated heterocycles. The van der Waals surface area contributed by atoms with Crippen LogP contribution in [0.15, 0.2) is 41.3 Å². The molecule has 1 aliphatic heterocycles. The molecular formula is C23H25ClN2O5S. The van der Waals surface area contributed by atoms with Gasteiger partial charge in [-0.15, -0.1) is 0 Å². The number of halogens is 1. The summed E-state index contributed by atoms with van der Waals surface area (Å²) in [5.74, 6) is -0.0974. The summed E-state index contributed by atoms with van der Waals surface area (Å²) in [4.78, 5) is 24.5. The lowest BCUT2D eigenvalue weighted by molar-refractivity contribution is -0.145. The second-order valence-electron chi connectivity index (χ2n) is 6.80. The van der Waals surface area contributed by atoms with Crippen molar-refractivity contribution in [3.63, 3.8) is 0 Å². The lowest BCUT2D eigenvalue weighted by Gasteiger charge is -2.13. The maximum atomic E-state index is 12.4. The second-order valence-corrected chi connectivity index (χ2v) is 8.36. The number of rotatable bonds is 9. The number of benzene rings is 2. The van der Waals surface area contributed by atoms with Gasteiger partial charge in [-0.25, -0.2) is 4.79 Å². The number of thioether (sulfide) groups is 1. The number of esters is 1. The summed E-state index contributed by atoms with van der Waals surface area (Å²) in [7, 11) is 1.47. The highest BCUT2D eigenvalue weighted by Gasteiger charge is 2.27. The molecule has 0 unspecified atom stereocenters. The van der Waals surface area contributed by atoms with Gasteiger partial charge >= 0.3 is 5.97 Å². The van der Waals surface area contributed by atoms with Crippen molar-refractivity contribution in [1.29, 1.82) is 0 Å². The maximum absolute atomic E-state index is 12.4. The number of hydrogen-bond donors (Lipinski definition) is 2. The Morgan fingerprint density at radius 1 is 1.25 bits per heavy atom. The molecule has 1 amide bonds. The van der Waals surface area contributed by atoms with Crippen molar-refractivity contribution in [2.75, 3.05) is 25.6 Å². The Morgan fingerprint density at radius 2 is 2.00 bits per heavy atom. The van der Waals surface area contributed by atoms with Crippen molar-refractivity contribution in [3.05, 3.63) is 57.5 Å². The zero-order valence-electron chi connectivity index (χ0n) is 18.1. The van der Waals surface area contributed by atoms with E-state index in [-0.39, 0.29) is 35.4 Å². The van der Waals surface area contributed by atoms with Crippen LogP contribution in [0.3, 0.4) is 0 Å². The summed E-state index contributed by atoms with van der Waals surface area (Å²) >= 11 is 7.72. The van der Waals surface area contributed by atoms with Crippen molar-refractivity contribution in [3.8, 4) is 11.5 Å². The van der Waals surface area contributed by atoms with Crippen LogP contribution in [0.1, 0.15) is 25.0 Å². The van der Waals surface area contributed by atoms with Crippen LogP contribution in [0.4, 0.5) is 5.69 Å². The van der Waals surface area contributed by atoms with Crippen molar-refractivity contribution < 1.29 is 23.8 Å². The summed E-state index contributed by atoms with van der Waals surface area (Å²) in [6.45, 7) is 3.80. The average Bonchev–Trinajstić information content (AvgIpc) is 3.11. The van der Waals surface area contributed by atoms with Gasteiger partial charge in [0.1, 0.15) is 0 Å². The number of methoxy groups -OCH3 is 1. The number of nitrogens with one attached hydrogen (secondary N) is 2. The normalized spacial score (nSPS) is 16.6. The van der Waals surface area contributed by atoms with E-state index in [1.54, 1.807) is 25.1 Å². The molecule has 3 rings (SSSR count). The van der Waals surface area contributed by atoms with Crippen molar-refractivity contribution >= 4 is 47.0 Å². The molecule has 0 saturated carbocycles. The number of carbonyl (C=O) groups excluding carboxylic acids is 2. The van der Waals surface area contributed by atoms with Crippen LogP contribution < -0.4 is 20.1 Å². The Labute approximate surface area is 196 Å². The third kappa shape index (κ3) is 6.11. The van der Waals surface area contributed by atoms with E-state index in [1.165, 1.54) is 24.4 Å². The molecule has 32 heavy (non-hydrogen) atoms. The van der Waals surface area contributed by atoms with Gasteiger partial charge in [-0.3, -0.25) is 4.79 Å². The van der Waals surface area contributed by atoms with E-state index in [0.29, 0.717) is 16.2 Å². The van der Waals surface area contributed by atoms with E-state index in [4.69, 9.17) is 25.8 Å². The molecule has 170 valence electrons. The number of anilines is 1. The van der Waals surface area contributed by atoms with Crippen LogP contribution >= 0.6 is 23.4 Å². The first-order valence-corrected chi connectivity index (χ1v) is 11.4. The molecule has 0 aromatic heterocycles. The largest absolute Gasteiger partial charge is 0.493 e. The molecule has 7 nitrogen and oxygen atoms in total. The first kappa shape index (κ1) is 23.8. The highest BCUT2D eigenvalue weighted by atomic mass is 35.5. The summed E-state index contributed by atoms with van der Waals surface area (Å²) in [6, 6.07) is 11.4. The fraction of sp³-hybridized carbons (Fsp3) is 0.304. The van der Waals surface area contributed by atoms with Crippen LogP contribution in [-0.2, 0) is 20.7 Å². The van der Waals surface area contributed by atoms with Gasteiger partial charge in [-0.05, 0) is 54.8 Å². The van der Waals surface area contributed by atoms with Crippen LogP contribution in [0.25, 0.3) is 6.08 Å². The van der Waals surface area contributed by atoms with Gasteiger partial charge in [0.15, 0.2) is 23.6 Å². The molecular weight excluding hydrogens is 452 g/mol. The van der Waals surface area contributed by atoms with Crippen molar-refractivity contribution in [1.82, 2.24) is 5.32 Å². The van der Waals surface area contributed by atoms with E-state index in [1.807, 2.05) is 12.1 Å². The lowest BCUT2D eigenvalue weighted by atomic mass is 10.1. The molecule has 1 heterocycles. The molecule has 9 heteroatoms. The maximum Gasteiger partial charge on any atom is 0.344 e. The van der Waals surface area contributed by atoms with Gasteiger partial charge in [0, 0.05) is 5.69 Å². The molecule has 2 N–H and O–H groups in total. The monoisotopic (exact) mass is 476 g/mol. The average molecular weight is 477 g/mol. The van der Waals surface area contributed by atoms with Gasteiger partial charge in [0.2, 0.25) is 0 Å². The zero-order valence-corrected chi connectivity index (χ0v) is 19.6. The standard InChI is InChI=1S/C23H25ClN2O5S/c1-4-14-6-8-16(9-7-14)25-23-26-22(28)19(32-23)12-15-10-17(24)21(18(11-15)29-3)31-13-20(27)30-5-2/h6-12,23,25H,4-5,13H2,1-3H3,(H,26,28)/b19-12-/t23-/m0/s1. The Bertz CT molecular complexity index is 1010. The molecule has 2 aromatic rings. The first-order chi connectivity index (χ1) is 15.4. The summed E-state index contributed by atoms with van der Waals surface area (Å²) in [5, 5.41) is 6.46. The number of ether oxygens (including phenoxy) is 3. The highest BCUT2D eigenvalue weighted by Crippen LogP contribution is 2.38. The lowest BCUT2D eigenvalue weighted by Crippen LogP contribution is -2.30.